The Kier molecular flexibility index (Phi) is 4.36. The van der Waals surface area contributed by atoms with Crippen molar-refractivity contribution in [2.75, 3.05) is 19.7 Å². The molecule has 1 aromatic rings. The lowest BCUT2D eigenvalue weighted by Gasteiger charge is -2.30. The van der Waals surface area contributed by atoms with Crippen LogP contribution in [0.4, 0.5) is 4.39 Å². The Balaban J connectivity index is 2.14. The van der Waals surface area contributed by atoms with Crippen molar-refractivity contribution < 1.29 is 22.3 Å². The van der Waals surface area contributed by atoms with Crippen LogP contribution in [0.25, 0.3) is 0 Å². The van der Waals surface area contributed by atoms with E-state index in [-0.39, 0.29) is 25.3 Å². The molecule has 1 aliphatic heterocycles. The highest BCUT2D eigenvalue weighted by molar-refractivity contribution is 7.88. The van der Waals surface area contributed by atoms with Crippen molar-refractivity contribution in [3.63, 3.8) is 0 Å². The standard InChI is InChI=1S/C12H15FN2O4S/c13-10-4-2-1-3-9(10)8-20(17,18)15-5-6-19-11(7-15)12(14)16/h1-4,11H,5-8H2,(H2,14,16). The number of amides is 1. The first-order valence-corrected chi connectivity index (χ1v) is 7.63. The van der Waals surface area contributed by atoms with Gasteiger partial charge < -0.3 is 10.5 Å². The maximum Gasteiger partial charge on any atom is 0.247 e. The Morgan fingerprint density at radius 1 is 1.45 bits per heavy atom. The number of nitrogens with two attached hydrogens (primary N) is 1. The molecule has 0 saturated carbocycles. The number of benzene rings is 1. The topological polar surface area (TPSA) is 89.7 Å². The van der Waals surface area contributed by atoms with E-state index in [2.05, 4.69) is 0 Å². The zero-order valence-electron chi connectivity index (χ0n) is 10.7. The first-order chi connectivity index (χ1) is 9.40. The zero-order chi connectivity index (χ0) is 14.8. The molecule has 1 aromatic carbocycles. The molecule has 0 radical (unpaired) electrons. The minimum atomic E-state index is -3.72. The monoisotopic (exact) mass is 302 g/mol. The van der Waals surface area contributed by atoms with E-state index in [0.717, 1.165) is 4.31 Å². The van der Waals surface area contributed by atoms with Crippen LogP contribution in [0, 0.1) is 5.82 Å². The Morgan fingerprint density at radius 2 is 2.15 bits per heavy atom. The van der Waals surface area contributed by atoms with Crippen molar-refractivity contribution >= 4 is 15.9 Å². The minimum Gasteiger partial charge on any atom is -0.367 e. The fourth-order valence-electron chi connectivity index (χ4n) is 1.95. The Bertz CT molecular complexity index is 605. The summed E-state index contributed by atoms with van der Waals surface area (Å²) in [6, 6.07) is 5.68. The fourth-order valence-corrected chi connectivity index (χ4v) is 3.48. The number of hydrogen-bond acceptors (Lipinski definition) is 4. The molecule has 1 saturated heterocycles. The molecule has 1 amide bonds. The van der Waals surface area contributed by atoms with E-state index in [4.69, 9.17) is 10.5 Å². The number of halogens is 1. The van der Waals surface area contributed by atoms with E-state index < -0.39 is 33.6 Å². The predicted octanol–water partition coefficient (Wildman–Crippen LogP) is -0.158. The highest BCUT2D eigenvalue weighted by Gasteiger charge is 2.32. The molecule has 0 spiro atoms. The van der Waals surface area contributed by atoms with Gasteiger partial charge in [-0.05, 0) is 6.07 Å². The molecule has 1 fully saturated rings. The molecule has 110 valence electrons. The molecule has 0 aromatic heterocycles. The lowest BCUT2D eigenvalue weighted by atomic mass is 10.2. The van der Waals surface area contributed by atoms with Crippen molar-refractivity contribution in [3.05, 3.63) is 35.6 Å². The van der Waals surface area contributed by atoms with Crippen molar-refractivity contribution in [1.82, 2.24) is 4.31 Å². The van der Waals surface area contributed by atoms with Gasteiger partial charge in [0.1, 0.15) is 11.9 Å². The maximum atomic E-state index is 13.5. The second kappa shape index (κ2) is 5.86. The van der Waals surface area contributed by atoms with Crippen molar-refractivity contribution in [2.24, 2.45) is 5.73 Å². The van der Waals surface area contributed by atoms with Gasteiger partial charge in [0.15, 0.2) is 0 Å². The predicted molar refractivity (Wildman–Crippen MR) is 69.5 cm³/mol. The van der Waals surface area contributed by atoms with Crippen molar-refractivity contribution in [3.8, 4) is 0 Å². The van der Waals surface area contributed by atoms with Gasteiger partial charge in [-0.3, -0.25) is 4.79 Å². The molecule has 8 heteroatoms. The van der Waals surface area contributed by atoms with Crippen LogP contribution < -0.4 is 5.73 Å². The number of primary amides is 1. The summed E-state index contributed by atoms with van der Waals surface area (Å²) in [5.41, 5.74) is 5.20. The number of carbonyl (C=O) groups is 1. The molecular formula is C12H15FN2O4S. The van der Waals surface area contributed by atoms with Crippen LogP contribution in [0.3, 0.4) is 0 Å². The number of sulfonamides is 1. The van der Waals surface area contributed by atoms with E-state index in [1.165, 1.54) is 18.2 Å². The van der Waals surface area contributed by atoms with Gasteiger partial charge in [0, 0.05) is 18.7 Å². The summed E-state index contributed by atoms with van der Waals surface area (Å²) in [5.74, 6) is -1.74. The average molecular weight is 302 g/mol. The summed E-state index contributed by atoms with van der Waals surface area (Å²) in [5, 5.41) is 0. The molecule has 6 nitrogen and oxygen atoms in total. The molecule has 2 N–H and O–H groups in total. The second-order valence-electron chi connectivity index (χ2n) is 4.47. The van der Waals surface area contributed by atoms with Crippen molar-refractivity contribution in [2.45, 2.75) is 11.9 Å². The third-order valence-electron chi connectivity index (χ3n) is 3.04. The van der Waals surface area contributed by atoms with Gasteiger partial charge in [-0.25, -0.2) is 12.8 Å². The number of carbonyl (C=O) groups excluding carboxylic acids is 1. The molecule has 0 bridgehead atoms. The summed E-state index contributed by atoms with van der Waals surface area (Å²) < 4.78 is 44.2. The number of hydrogen-bond donors (Lipinski definition) is 1. The van der Waals surface area contributed by atoms with Crippen LogP contribution in [0.15, 0.2) is 24.3 Å². The van der Waals surface area contributed by atoms with Crippen LogP contribution in [-0.2, 0) is 25.3 Å². The second-order valence-corrected chi connectivity index (χ2v) is 6.44. The zero-order valence-corrected chi connectivity index (χ0v) is 11.5. The maximum absolute atomic E-state index is 13.5. The highest BCUT2D eigenvalue weighted by atomic mass is 32.2. The molecular weight excluding hydrogens is 287 g/mol. The Labute approximate surface area is 116 Å². The number of nitrogens with zero attached hydrogens (tertiary/aromatic N) is 1. The van der Waals surface area contributed by atoms with E-state index in [0.29, 0.717) is 0 Å². The first kappa shape index (κ1) is 14.9. The van der Waals surface area contributed by atoms with Crippen molar-refractivity contribution in [1.29, 1.82) is 0 Å². The number of morpholine rings is 1. The smallest absolute Gasteiger partial charge is 0.247 e. The summed E-state index contributed by atoms with van der Waals surface area (Å²) in [7, 11) is -3.72. The largest absolute Gasteiger partial charge is 0.367 e. The summed E-state index contributed by atoms with van der Waals surface area (Å²) in [6.45, 7) is 0.0802. The van der Waals surface area contributed by atoms with E-state index in [1.807, 2.05) is 0 Å². The average Bonchev–Trinajstić information content (AvgIpc) is 2.41. The number of rotatable bonds is 4. The first-order valence-electron chi connectivity index (χ1n) is 6.02. The molecule has 1 heterocycles. The normalized spacial score (nSPS) is 20.8. The molecule has 1 aliphatic rings. The van der Waals surface area contributed by atoms with Gasteiger partial charge in [0.25, 0.3) is 0 Å². The van der Waals surface area contributed by atoms with E-state index >= 15 is 0 Å². The summed E-state index contributed by atoms with van der Waals surface area (Å²) in [6.07, 6.45) is -0.959. The quantitative estimate of drug-likeness (QED) is 0.837. The molecule has 20 heavy (non-hydrogen) atoms. The Morgan fingerprint density at radius 3 is 2.80 bits per heavy atom. The highest BCUT2D eigenvalue weighted by Crippen LogP contribution is 2.17. The van der Waals surface area contributed by atoms with Gasteiger partial charge in [0.05, 0.1) is 12.4 Å². The molecule has 2 rings (SSSR count). The fraction of sp³-hybridized carbons (Fsp3) is 0.417. The third kappa shape index (κ3) is 3.33. The molecule has 1 atom stereocenters. The van der Waals surface area contributed by atoms with Crippen LogP contribution in [0.1, 0.15) is 5.56 Å². The van der Waals surface area contributed by atoms with Gasteiger partial charge in [-0.15, -0.1) is 0 Å². The summed E-state index contributed by atoms with van der Waals surface area (Å²) >= 11 is 0. The van der Waals surface area contributed by atoms with Crippen LogP contribution >= 0.6 is 0 Å². The summed E-state index contributed by atoms with van der Waals surface area (Å²) in [4.78, 5) is 11.1. The molecule has 1 unspecified atom stereocenters. The third-order valence-corrected chi connectivity index (χ3v) is 4.83. The lowest BCUT2D eigenvalue weighted by molar-refractivity contribution is -0.132. The number of ether oxygens (including phenoxy) is 1. The van der Waals surface area contributed by atoms with Gasteiger partial charge in [-0.1, -0.05) is 18.2 Å². The van der Waals surface area contributed by atoms with Gasteiger partial charge in [0.2, 0.25) is 15.9 Å². The van der Waals surface area contributed by atoms with E-state index in [1.54, 1.807) is 6.07 Å². The van der Waals surface area contributed by atoms with Gasteiger partial charge >= 0.3 is 0 Å². The van der Waals surface area contributed by atoms with E-state index in [9.17, 15) is 17.6 Å². The SMILES string of the molecule is NC(=O)C1CN(S(=O)(=O)Cc2ccccc2F)CCO1. The van der Waals surface area contributed by atoms with Crippen LogP contribution in [0.2, 0.25) is 0 Å². The molecule has 0 aliphatic carbocycles. The lowest BCUT2D eigenvalue weighted by Crippen LogP contribution is -2.50. The van der Waals surface area contributed by atoms with Crippen LogP contribution in [-0.4, -0.2) is 44.4 Å². The van der Waals surface area contributed by atoms with Gasteiger partial charge in [-0.2, -0.15) is 4.31 Å². The minimum absolute atomic E-state index is 0.0874. The van der Waals surface area contributed by atoms with Crippen LogP contribution in [0.5, 0.6) is 0 Å². The Hall–Kier alpha value is -1.51.